The Morgan fingerprint density at radius 1 is 0.886 bits per heavy atom. The number of aliphatic imine (C=N–C) groups is 1. The van der Waals surface area contributed by atoms with Crippen LogP contribution in [-0.2, 0) is 64.1 Å². The fourth-order valence-electron chi connectivity index (χ4n) is 10.5. The summed E-state index contributed by atoms with van der Waals surface area (Å²) in [6.45, 7) is 16.6. The van der Waals surface area contributed by atoms with E-state index in [0.29, 0.717) is 37.8 Å². The number of aliphatic hydroxyl groups excluding tert-OH is 1. The molecule has 19 heteroatoms. The summed E-state index contributed by atoms with van der Waals surface area (Å²) in [5, 5.41) is 19.8. The number of amides is 7. The van der Waals surface area contributed by atoms with E-state index in [0.717, 1.165) is 44.0 Å². The van der Waals surface area contributed by atoms with E-state index < -0.39 is 77.1 Å². The highest BCUT2D eigenvalue weighted by atomic mass is 32.1. The van der Waals surface area contributed by atoms with Crippen molar-refractivity contribution in [2.24, 2.45) is 22.1 Å². The van der Waals surface area contributed by atoms with Gasteiger partial charge >= 0.3 is 6.09 Å². The highest BCUT2D eigenvalue weighted by Gasteiger charge is 2.46. The molecule has 0 radical (unpaired) electrons. The van der Waals surface area contributed by atoms with Crippen LogP contribution in [0.4, 0.5) is 10.5 Å². The van der Waals surface area contributed by atoms with Crippen LogP contribution in [0.25, 0.3) is 10.4 Å². The number of rotatable bonds is 21. The van der Waals surface area contributed by atoms with Crippen molar-refractivity contribution in [3.63, 3.8) is 0 Å². The monoisotopic (exact) mass is 1100 g/mol. The number of para-hydroxylation sites is 1. The number of likely N-dealkylation sites (tertiary alicyclic amines) is 1. The van der Waals surface area contributed by atoms with Gasteiger partial charge in [-0.2, -0.15) is 4.99 Å². The normalized spacial score (nSPS) is 19.7. The third-order valence-electron chi connectivity index (χ3n) is 14.8. The quantitative estimate of drug-likeness (QED) is 0.0407. The SMILES string of the molecule is Cc1ncsc1-c1ccc([C@H](C)NC(=O)[C@@H]2C[C@H](O)CN2C(=O)C(NC(=O)CCCCc2ccc(CO[C@H](C)[C@H](CCC(N)=O)NC(=O)[C@@H]3Cc4cccc5c4N3C(=O)C(/C=N/C(=O)OC(C)(C)C)CC5)cc2)C(C)(C)C)cc1. The molecule has 79 heavy (non-hydrogen) atoms. The molecule has 1 fully saturated rings. The Labute approximate surface area is 467 Å². The number of nitrogens with zero attached hydrogens (tertiary/aromatic N) is 4. The second kappa shape index (κ2) is 26.0. The van der Waals surface area contributed by atoms with Gasteiger partial charge in [-0.05, 0) is 119 Å². The molecule has 1 saturated heterocycles. The zero-order valence-electron chi connectivity index (χ0n) is 47.0. The molecule has 424 valence electrons. The first-order chi connectivity index (χ1) is 37.4. The Bertz CT molecular complexity index is 2870. The van der Waals surface area contributed by atoms with Crippen molar-refractivity contribution in [1.82, 2.24) is 25.8 Å². The maximum atomic E-state index is 14.3. The van der Waals surface area contributed by atoms with E-state index in [1.54, 1.807) is 32.1 Å². The average Bonchev–Trinajstić information content (AvgIpc) is 4.32. The Morgan fingerprint density at radius 3 is 2.23 bits per heavy atom. The minimum Gasteiger partial charge on any atom is -0.442 e. The summed E-state index contributed by atoms with van der Waals surface area (Å²) in [5.74, 6) is -3.10. The summed E-state index contributed by atoms with van der Waals surface area (Å²) in [5.41, 5.74) is 13.3. The number of aliphatic hydroxyl groups is 1. The highest BCUT2D eigenvalue weighted by Crippen LogP contribution is 2.40. The van der Waals surface area contributed by atoms with Gasteiger partial charge in [-0.15, -0.1) is 11.3 Å². The maximum Gasteiger partial charge on any atom is 0.433 e. The molecule has 4 heterocycles. The largest absolute Gasteiger partial charge is 0.442 e. The van der Waals surface area contributed by atoms with E-state index in [1.165, 1.54) is 16.0 Å². The maximum absolute atomic E-state index is 14.3. The first-order valence-corrected chi connectivity index (χ1v) is 28.3. The van der Waals surface area contributed by atoms with Crippen molar-refractivity contribution in [3.05, 3.63) is 106 Å². The van der Waals surface area contributed by atoms with E-state index >= 15 is 0 Å². The summed E-state index contributed by atoms with van der Waals surface area (Å²) >= 11 is 1.57. The number of nitrogens with two attached hydrogens (primary N) is 1. The second-order valence-electron chi connectivity index (χ2n) is 23.3. The molecule has 0 aliphatic carbocycles. The highest BCUT2D eigenvalue weighted by molar-refractivity contribution is 7.13. The number of primary amides is 1. The average molecular weight is 1100 g/mol. The van der Waals surface area contributed by atoms with Crippen molar-refractivity contribution in [2.45, 2.75) is 181 Å². The van der Waals surface area contributed by atoms with Crippen LogP contribution in [0.3, 0.4) is 0 Å². The lowest BCUT2D eigenvalue weighted by Crippen LogP contribution is -2.57. The minimum atomic E-state index is -0.931. The zero-order valence-corrected chi connectivity index (χ0v) is 47.8. The fraction of sp³-hybridized carbons (Fsp3) is 0.517. The molecule has 1 aromatic heterocycles. The number of benzene rings is 3. The lowest BCUT2D eigenvalue weighted by atomic mass is 9.85. The van der Waals surface area contributed by atoms with Crippen molar-refractivity contribution >= 4 is 64.8 Å². The van der Waals surface area contributed by atoms with E-state index in [9.17, 15) is 38.7 Å². The molecule has 7 amide bonds. The molecule has 4 aromatic rings. The number of carbonyl (C=O) groups excluding carboxylic acids is 7. The Morgan fingerprint density at radius 2 is 1.57 bits per heavy atom. The van der Waals surface area contributed by atoms with Crippen LogP contribution in [0.15, 0.2) is 77.2 Å². The predicted molar refractivity (Wildman–Crippen MR) is 303 cm³/mol. The molecule has 18 nitrogen and oxygen atoms in total. The van der Waals surface area contributed by atoms with Gasteiger partial charge in [-0.25, -0.2) is 9.78 Å². The molecule has 3 aliphatic rings. The molecule has 3 aliphatic heterocycles. The second-order valence-corrected chi connectivity index (χ2v) is 24.2. The van der Waals surface area contributed by atoms with E-state index in [-0.39, 0.29) is 69.0 Å². The summed E-state index contributed by atoms with van der Waals surface area (Å²) in [7, 11) is 0. The first-order valence-electron chi connectivity index (χ1n) is 27.4. The number of hydrogen-bond acceptors (Lipinski definition) is 12. The van der Waals surface area contributed by atoms with Crippen molar-refractivity contribution in [1.29, 1.82) is 0 Å². The smallest absolute Gasteiger partial charge is 0.433 e. The van der Waals surface area contributed by atoms with E-state index in [1.807, 2.05) is 114 Å². The van der Waals surface area contributed by atoms with Crippen LogP contribution in [-0.4, -0.2) is 111 Å². The van der Waals surface area contributed by atoms with Crippen molar-refractivity contribution < 1.29 is 48.1 Å². The third kappa shape index (κ3) is 15.7. The number of aromatic nitrogens is 1. The van der Waals surface area contributed by atoms with Gasteiger partial charge in [-0.3, -0.25) is 33.7 Å². The molecule has 0 saturated carbocycles. The lowest BCUT2D eigenvalue weighted by molar-refractivity contribution is -0.144. The van der Waals surface area contributed by atoms with Crippen LogP contribution >= 0.6 is 11.3 Å². The first kappa shape index (κ1) is 59.8. The standard InChI is InChI=1S/C60H78N8O10S/c1-35(40-21-24-42(25-22-40)52-36(2)63-34-79-52)64-54(72)47-30-45(69)32-67(47)57(75)53(59(4,5)6)66-50(71)16-11-10-13-38-17-19-39(20-18-38)33-77-37(3)46(27-28-49(61)70)65-55(73)48-29-43-15-12-14-41-23-26-44(56(74)68(48)51(41)43)31-62-58(76)78-60(7,8)9/h12,14-15,17-22,24-25,31,34-35,37,44-48,53,69H,10-11,13,16,23,26-30,32-33H2,1-9H3,(H2,61,70)(H,64,72)(H,65,73)(H,66,71)/b62-31+/t35-,37+,44?,45-,46-,47-,48-,53?/m0/s1. The molecule has 7 rings (SSSR count). The number of unbranched alkanes of at least 4 members (excludes halogenated alkanes) is 1. The van der Waals surface area contributed by atoms with Gasteiger partial charge in [0.15, 0.2) is 0 Å². The molecule has 0 spiro atoms. The molecule has 2 unspecified atom stereocenters. The molecule has 8 atom stereocenters. The van der Waals surface area contributed by atoms with E-state index in [4.69, 9.17) is 15.2 Å². The summed E-state index contributed by atoms with van der Waals surface area (Å²) in [4.78, 5) is 107. The minimum absolute atomic E-state index is 0.00149. The number of β-amino-alcohol motifs (C(OH)–C–C–N with tert-alkyl or cyclic N) is 1. The van der Waals surface area contributed by atoms with Gasteiger partial charge in [0.25, 0.3) is 0 Å². The molecule has 3 aromatic carbocycles. The number of thiazole rings is 1. The number of aryl methyl sites for hydroxylation is 3. The van der Waals surface area contributed by atoms with E-state index in [2.05, 4.69) is 25.9 Å². The number of ether oxygens (including phenoxy) is 2. The van der Waals surface area contributed by atoms with Crippen molar-refractivity contribution in [3.8, 4) is 10.4 Å². The lowest BCUT2D eigenvalue weighted by Gasteiger charge is -2.35. The predicted octanol–water partition coefficient (Wildman–Crippen LogP) is 7.38. The van der Waals surface area contributed by atoms with Gasteiger partial charge < -0.3 is 41.2 Å². The van der Waals surface area contributed by atoms with Gasteiger partial charge in [0.2, 0.25) is 35.4 Å². The van der Waals surface area contributed by atoms with Crippen LogP contribution in [0.2, 0.25) is 0 Å². The van der Waals surface area contributed by atoms with Crippen LogP contribution in [0.5, 0.6) is 0 Å². The Balaban J connectivity index is 0.883. The summed E-state index contributed by atoms with van der Waals surface area (Å²) in [6, 6.07) is 17.9. The fourth-order valence-corrected chi connectivity index (χ4v) is 11.3. The van der Waals surface area contributed by atoms with Crippen LogP contribution in [0.1, 0.15) is 140 Å². The molecule has 0 bridgehead atoms. The zero-order chi connectivity index (χ0) is 57.3. The number of carbonyl (C=O) groups is 7. The van der Waals surface area contributed by atoms with Gasteiger partial charge in [0.05, 0.1) is 58.6 Å². The summed E-state index contributed by atoms with van der Waals surface area (Å²) < 4.78 is 11.6. The molecular formula is C60H78N8O10S. The van der Waals surface area contributed by atoms with Crippen LogP contribution in [0, 0.1) is 18.3 Å². The van der Waals surface area contributed by atoms with Gasteiger partial charge in [0.1, 0.15) is 23.7 Å². The molecule has 6 N–H and O–H groups in total. The van der Waals surface area contributed by atoms with Crippen molar-refractivity contribution in [2.75, 3.05) is 11.4 Å². The number of hydrogen-bond donors (Lipinski definition) is 5. The summed E-state index contributed by atoms with van der Waals surface area (Å²) in [6.07, 6.45) is 2.78. The van der Waals surface area contributed by atoms with Gasteiger partial charge in [-0.1, -0.05) is 87.5 Å². The van der Waals surface area contributed by atoms with Gasteiger partial charge in [0, 0.05) is 38.4 Å². The Hall–Kier alpha value is -6.83. The number of anilines is 1. The molecular weight excluding hydrogens is 1020 g/mol. The van der Waals surface area contributed by atoms with Crippen LogP contribution < -0.4 is 26.6 Å². The number of nitrogens with one attached hydrogen (secondary N) is 3. The Kier molecular flexibility index (Phi) is 19.7. The topological polar surface area (TPSA) is 252 Å². The third-order valence-corrected chi connectivity index (χ3v) is 15.8.